The number of anilines is 1. The molecule has 2 aromatic carbocycles. The zero-order valence-electron chi connectivity index (χ0n) is 14.7. The quantitative estimate of drug-likeness (QED) is 0.555. The number of fused-ring (bicyclic) bond motifs is 1. The summed E-state index contributed by atoms with van der Waals surface area (Å²) in [5, 5.41) is 7.41. The molecule has 0 atom stereocenters. The largest absolute Gasteiger partial charge is 0.421 e. The molecule has 1 amide bonds. The first kappa shape index (κ1) is 17.4. The monoisotopic (exact) mass is 373 g/mol. The van der Waals surface area contributed by atoms with E-state index in [1.807, 2.05) is 30.3 Å². The van der Waals surface area contributed by atoms with E-state index < -0.39 is 17.1 Å². The molecule has 0 fully saturated rings. The number of carbonyl (C=O) groups is 1. The van der Waals surface area contributed by atoms with E-state index in [9.17, 15) is 14.4 Å². The van der Waals surface area contributed by atoms with E-state index >= 15 is 0 Å². The Morgan fingerprint density at radius 2 is 1.71 bits per heavy atom. The summed E-state index contributed by atoms with van der Waals surface area (Å²) in [5.74, 6) is -0.553. The number of rotatable bonds is 4. The fourth-order valence-corrected chi connectivity index (χ4v) is 2.80. The molecule has 0 saturated heterocycles. The fraction of sp³-hybridized carbons (Fsp3) is 0.0476. The molecule has 2 aromatic heterocycles. The van der Waals surface area contributed by atoms with Crippen LogP contribution in [0.25, 0.3) is 22.2 Å². The van der Waals surface area contributed by atoms with Crippen LogP contribution in [-0.4, -0.2) is 15.7 Å². The summed E-state index contributed by atoms with van der Waals surface area (Å²) in [7, 11) is 0. The smallest absolute Gasteiger partial charge is 0.360 e. The summed E-state index contributed by atoms with van der Waals surface area (Å²) in [6.07, 6.45) is 0. The Labute approximate surface area is 158 Å². The van der Waals surface area contributed by atoms with Crippen LogP contribution in [0, 0.1) is 0 Å². The van der Waals surface area contributed by atoms with Gasteiger partial charge < -0.3 is 9.73 Å². The van der Waals surface area contributed by atoms with Crippen molar-refractivity contribution >= 4 is 22.6 Å². The minimum absolute atomic E-state index is 0.0102. The van der Waals surface area contributed by atoms with Gasteiger partial charge in [-0.25, -0.2) is 9.48 Å². The van der Waals surface area contributed by atoms with Crippen LogP contribution in [-0.2, 0) is 11.3 Å². The molecule has 138 valence electrons. The third-order valence-corrected chi connectivity index (χ3v) is 4.15. The zero-order valence-corrected chi connectivity index (χ0v) is 14.7. The minimum Gasteiger partial charge on any atom is -0.421 e. The van der Waals surface area contributed by atoms with Crippen LogP contribution in [0.2, 0.25) is 0 Å². The van der Waals surface area contributed by atoms with Crippen LogP contribution < -0.4 is 16.5 Å². The number of hydrogen-bond donors (Lipinski definition) is 1. The molecule has 0 bridgehead atoms. The number of amides is 1. The lowest BCUT2D eigenvalue weighted by molar-refractivity contribution is -0.117. The third-order valence-electron chi connectivity index (χ3n) is 4.15. The highest BCUT2D eigenvalue weighted by molar-refractivity contribution is 5.92. The van der Waals surface area contributed by atoms with Gasteiger partial charge >= 0.3 is 5.63 Å². The van der Waals surface area contributed by atoms with Gasteiger partial charge in [-0.05, 0) is 18.2 Å². The van der Waals surface area contributed by atoms with Gasteiger partial charge in [0.25, 0.3) is 5.56 Å². The number of nitrogens with one attached hydrogen (secondary N) is 1. The highest BCUT2D eigenvalue weighted by Crippen LogP contribution is 2.16. The summed E-state index contributed by atoms with van der Waals surface area (Å²) in [6, 6.07) is 20.8. The van der Waals surface area contributed by atoms with Gasteiger partial charge in [0.15, 0.2) is 0 Å². The molecular formula is C21H15N3O4. The molecule has 0 radical (unpaired) electrons. The first-order valence-corrected chi connectivity index (χ1v) is 8.56. The van der Waals surface area contributed by atoms with Gasteiger partial charge in [0.1, 0.15) is 17.8 Å². The molecule has 0 saturated carbocycles. The second-order valence-corrected chi connectivity index (χ2v) is 6.11. The molecule has 4 rings (SSSR count). The lowest BCUT2D eigenvalue weighted by Crippen LogP contribution is -2.30. The molecular weight excluding hydrogens is 358 g/mol. The van der Waals surface area contributed by atoms with Gasteiger partial charge in [-0.3, -0.25) is 9.59 Å². The highest BCUT2D eigenvalue weighted by Gasteiger charge is 2.12. The summed E-state index contributed by atoms with van der Waals surface area (Å²) in [6.45, 7) is -0.328. The number of aromatic nitrogens is 2. The van der Waals surface area contributed by atoms with Gasteiger partial charge in [0, 0.05) is 17.0 Å². The van der Waals surface area contributed by atoms with Crippen molar-refractivity contribution in [3.05, 3.63) is 93.6 Å². The molecule has 28 heavy (non-hydrogen) atoms. The first-order valence-electron chi connectivity index (χ1n) is 8.56. The Bertz CT molecular complexity index is 1280. The van der Waals surface area contributed by atoms with Crippen molar-refractivity contribution in [2.24, 2.45) is 0 Å². The molecule has 0 unspecified atom stereocenters. The Balaban J connectivity index is 1.58. The predicted molar refractivity (Wildman–Crippen MR) is 105 cm³/mol. The van der Waals surface area contributed by atoms with Gasteiger partial charge in [-0.15, -0.1) is 0 Å². The standard InChI is InChI=1S/C21H15N3O4/c25-19(22-17-12-15-8-4-5-9-18(15)28-21(17)27)13-24-20(26)11-10-16(23-24)14-6-2-1-3-7-14/h1-12H,13H2,(H,22,25). The summed E-state index contributed by atoms with van der Waals surface area (Å²) < 4.78 is 6.25. The fourth-order valence-electron chi connectivity index (χ4n) is 2.80. The van der Waals surface area contributed by atoms with E-state index in [0.29, 0.717) is 16.7 Å². The topological polar surface area (TPSA) is 94.2 Å². The lowest BCUT2D eigenvalue weighted by Gasteiger charge is -2.08. The van der Waals surface area contributed by atoms with Crippen molar-refractivity contribution in [1.82, 2.24) is 9.78 Å². The highest BCUT2D eigenvalue weighted by atomic mass is 16.4. The summed E-state index contributed by atoms with van der Waals surface area (Å²) in [4.78, 5) is 36.5. The SMILES string of the molecule is O=C(Cn1nc(-c2ccccc2)ccc1=O)Nc1cc2ccccc2oc1=O. The van der Waals surface area contributed by atoms with Crippen LogP contribution >= 0.6 is 0 Å². The maximum atomic E-state index is 12.4. The minimum atomic E-state index is -0.662. The second-order valence-electron chi connectivity index (χ2n) is 6.11. The zero-order chi connectivity index (χ0) is 19.5. The average Bonchev–Trinajstić information content (AvgIpc) is 2.71. The van der Waals surface area contributed by atoms with Crippen LogP contribution in [0.4, 0.5) is 5.69 Å². The van der Waals surface area contributed by atoms with E-state index in [2.05, 4.69) is 10.4 Å². The van der Waals surface area contributed by atoms with E-state index in [4.69, 9.17) is 4.42 Å². The Morgan fingerprint density at radius 1 is 0.964 bits per heavy atom. The number of carbonyl (C=O) groups excluding carboxylic acids is 1. The molecule has 0 aliphatic heterocycles. The van der Waals surface area contributed by atoms with E-state index in [1.165, 1.54) is 12.1 Å². The van der Waals surface area contributed by atoms with Crippen molar-refractivity contribution < 1.29 is 9.21 Å². The maximum Gasteiger partial charge on any atom is 0.360 e. The van der Waals surface area contributed by atoms with Gasteiger partial charge in [-0.2, -0.15) is 5.10 Å². The number of hydrogen-bond acceptors (Lipinski definition) is 5. The number of nitrogens with zero attached hydrogens (tertiary/aromatic N) is 2. The molecule has 7 nitrogen and oxygen atoms in total. The summed E-state index contributed by atoms with van der Waals surface area (Å²) >= 11 is 0. The van der Waals surface area contributed by atoms with Crippen LogP contribution in [0.1, 0.15) is 0 Å². The van der Waals surface area contributed by atoms with Crippen LogP contribution in [0.15, 0.2) is 86.8 Å². The molecule has 4 aromatic rings. The number of benzene rings is 2. The Hall–Kier alpha value is -4.00. The van der Waals surface area contributed by atoms with E-state index in [-0.39, 0.29) is 12.2 Å². The first-order chi connectivity index (χ1) is 13.6. The molecule has 7 heteroatoms. The lowest BCUT2D eigenvalue weighted by atomic mass is 10.1. The third kappa shape index (κ3) is 3.59. The maximum absolute atomic E-state index is 12.4. The normalized spacial score (nSPS) is 10.7. The molecule has 0 aliphatic rings. The van der Waals surface area contributed by atoms with E-state index in [0.717, 1.165) is 10.2 Å². The van der Waals surface area contributed by atoms with Crippen molar-refractivity contribution in [3.8, 4) is 11.3 Å². The van der Waals surface area contributed by atoms with Gasteiger partial charge in [-0.1, -0.05) is 48.5 Å². The predicted octanol–water partition coefficient (Wildman–Crippen LogP) is 2.66. The molecule has 0 spiro atoms. The molecule has 1 N–H and O–H groups in total. The van der Waals surface area contributed by atoms with Crippen molar-refractivity contribution in [2.75, 3.05) is 5.32 Å². The van der Waals surface area contributed by atoms with Gasteiger partial charge in [0.05, 0.1) is 5.69 Å². The van der Waals surface area contributed by atoms with Crippen LogP contribution in [0.3, 0.4) is 0 Å². The van der Waals surface area contributed by atoms with Crippen molar-refractivity contribution in [2.45, 2.75) is 6.54 Å². The van der Waals surface area contributed by atoms with E-state index in [1.54, 1.807) is 30.3 Å². The van der Waals surface area contributed by atoms with Crippen LogP contribution in [0.5, 0.6) is 0 Å². The Kier molecular flexibility index (Phi) is 4.55. The average molecular weight is 373 g/mol. The molecule has 0 aliphatic carbocycles. The summed E-state index contributed by atoms with van der Waals surface area (Å²) in [5.41, 5.74) is 0.755. The number of para-hydroxylation sites is 1. The molecule has 2 heterocycles. The second kappa shape index (κ2) is 7.32. The Morgan fingerprint density at radius 3 is 2.54 bits per heavy atom. The van der Waals surface area contributed by atoms with Gasteiger partial charge in [0.2, 0.25) is 5.91 Å². The van der Waals surface area contributed by atoms with Crippen molar-refractivity contribution in [3.63, 3.8) is 0 Å². The van der Waals surface area contributed by atoms with Crippen molar-refractivity contribution in [1.29, 1.82) is 0 Å².